The van der Waals surface area contributed by atoms with Crippen LogP contribution in [-0.2, 0) is 24.5 Å². The molecular formula is C21H25N5O3. The number of carbonyl (C=O) groups is 1. The van der Waals surface area contributed by atoms with Crippen molar-refractivity contribution in [2.24, 2.45) is 0 Å². The van der Waals surface area contributed by atoms with Crippen molar-refractivity contribution in [3.8, 4) is 0 Å². The first-order chi connectivity index (χ1) is 14.3. The lowest BCUT2D eigenvalue weighted by atomic mass is 10.0. The molecule has 0 radical (unpaired) electrons. The van der Waals surface area contributed by atoms with Gasteiger partial charge in [0, 0.05) is 19.3 Å². The van der Waals surface area contributed by atoms with Crippen LogP contribution in [0.5, 0.6) is 0 Å². The molecule has 1 aromatic carbocycles. The third-order valence-corrected chi connectivity index (χ3v) is 5.12. The molecule has 152 valence electrons. The predicted molar refractivity (Wildman–Crippen MR) is 105 cm³/mol. The molecule has 1 amide bonds. The number of rotatable bonds is 7. The minimum absolute atomic E-state index is 0.0410. The van der Waals surface area contributed by atoms with E-state index in [1.807, 2.05) is 42.2 Å². The van der Waals surface area contributed by atoms with E-state index in [4.69, 9.17) is 9.26 Å². The summed E-state index contributed by atoms with van der Waals surface area (Å²) in [6.07, 6.45) is 4.46. The Kier molecular flexibility index (Phi) is 6.00. The number of likely N-dealkylation sites (tertiary alicyclic amines) is 1. The quantitative estimate of drug-likeness (QED) is 0.610. The highest BCUT2D eigenvalue weighted by Crippen LogP contribution is 2.30. The summed E-state index contributed by atoms with van der Waals surface area (Å²) >= 11 is 0. The normalized spacial score (nSPS) is 16.9. The van der Waals surface area contributed by atoms with Gasteiger partial charge in [-0.05, 0) is 37.8 Å². The number of aromatic nitrogens is 4. The van der Waals surface area contributed by atoms with Crippen molar-refractivity contribution < 1.29 is 14.1 Å². The summed E-state index contributed by atoms with van der Waals surface area (Å²) in [4.78, 5) is 19.5. The Labute approximate surface area is 169 Å². The Balaban J connectivity index is 1.43. The number of hydrogen-bond acceptors (Lipinski definition) is 6. The fourth-order valence-electron chi connectivity index (χ4n) is 3.65. The van der Waals surface area contributed by atoms with Crippen LogP contribution in [0.15, 0.2) is 47.1 Å². The fraction of sp³-hybridized carbons (Fsp3) is 0.429. The molecule has 1 atom stereocenters. The fourth-order valence-corrected chi connectivity index (χ4v) is 3.65. The van der Waals surface area contributed by atoms with Crippen LogP contribution in [0.3, 0.4) is 0 Å². The van der Waals surface area contributed by atoms with Crippen LogP contribution in [0.1, 0.15) is 60.0 Å². The second-order valence-corrected chi connectivity index (χ2v) is 7.07. The molecule has 3 heterocycles. The minimum Gasteiger partial charge on any atom is -0.367 e. The van der Waals surface area contributed by atoms with Crippen molar-refractivity contribution in [1.82, 2.24) is 24.8 Å². The maximum atomic E-state index is 13.1. The Bertz CT molecular complexity index is 937. The van der Waals surface area contributed by atoms with E-state index in [1.54, 1.807) is 16.9 Å². The Hall–Kier alpha value is -3.00. The average molecular weight is 395 g/mol. The molecule has 0 N–H and O–H groups in total. The molecule has 4 rings (SSSR count). The number of carbonyl (C=O) groups excluding carboxylic acids is 1. The lowest BCUT2D eigenvalue weighted by Crippen LogP contribution is -2.40. The van der Waals surface area contributed by atoms with Crippen molar-refractivity contribution in [3.05, 3.63) is 65.6 Å². The van der Waals surface area contributed by atoms with Gasteiger partial charge in [0.1, 0.15) is 12.3 Å². The second-order valence-electron chi connectivity index (χ2n) is 7.07. The summed E-state index contributed by atoms with van der Waals surface area (Å²) in [6.45, 7) is 4.02. The molecule has 0 aliphatic carbocycles. The molecule has 29 heavy (non-hydrogen) atoms. The van der Waals surface area contributed by atoms with Gasteiger partial charge in [-0.2, -0.15) is 10.1 Å². The highest BCUT2D eigenvalue weighted by Gasteiger charge is 2.33. The molecule has 0 bridgehead atoms. The molecule has 8 heteroatoms. The zero-order valence-corrected chi connectivity index (χ0v) is 16.5. The standard InChI is InChI=1S/C21H25N5O3/c1-2-26-18(11-12-22-26)21(27)25-13-7-6-10-17(25)20-23-19(29-24-20)15-28-14-16-8-4-3-5-9-16/h3-5,8-9,11-12,17H,2,6-7,10,13-15H2,1H3. The molecule has 1 aliphatic heterocycles. The van der Waals surface area contributed by atoms with Crippen molar-refractivity contribution in [2.75, 3.05) is 6.54 Å². The number of piperidine rings is 1. The highest BCUT2D eigenvalue weighted by molar-refractivity contribution is 5.92. The first kappa shape index (κ1) is 19.3. The molecule has 1 unspecified atom stereocenters. The lowest BCUT2D eigenvalue weighted by molar-refractivity contribution is 0.0584. The van der Waals surface area contributed by atoms with Gasteiger partial charge in [-0.25, -0.2) is 0 Å². The van der Waals surface area contributed by atoms with E-state index in [1.165, 1.54) is 0 Å². The van der Waals surface area contributed by atoms with E-state index in [-0.39, 0.29) is 18.6 Å². The molecule has 8 nitrogen and oxygen atoms in total. The van der Waals surface area contributed by atoms with Crippen molar-refractivity contribution in [3.63, 3.8) is 0 Å². The van der Waals surface area contributed by atoms with Crippen molar-refractivity contribution in [2.45, 2.75) is 52.0 Å². The summed E-state index contributed by atoms with van der Waals surface area (Å²) < 4.78 is 12.8. The molecule has 0 spiro atoms. The molecule has 1 saturated heterocycles. The number of ether oxygens (including phenoxy) is 1. The van der Waals surface area contributed by atoms with Crippen LogP contribution < -0.4 is 0 Å². The van der Waals surface area contributed by atoms with Gasteiger partial charge in [0.25, 0.3) is 11.8 Å². The summed E-state index contributed by atoms with van der Waals surface area (Å²) in [5.41, 5.74) is 1.68. The van der Waals surface area contributed by atoms with Gasteiger partial charge in [-0.15, -0.1) is 0 Å². The molecular weight excluding hydrogens is 370 g/mol. The maximum Gasteiger partial charge on any atom is 0.272 e. The molecule has 3 aromatic rings. The smallest absolute Gasteiger partial charge is 0.272 e. The summed E-state index contributed by atoms with van der Waals surface area (Å²) in [5, 5.41) is 8.35. The zero-order chi connectivity index (χ0) is 20.1. The third-order valence-electron chi connectivity index (χ3n) is 5.12. The highest BCUT2D eigenvalue weighted by atomic mass is 16.5. The molecule has 2 aromatic heterocycles. The Morgan fingerprint density at radius 3 is 2.90 bits per heavy atom. The van der Waals surface area contributed by atoms with E-state index in [0.29, 0.717) is 37.1 Å². The van der Waals surface area contributed by atoms with E-state index >= 15 is 0 Å². The topological polar surface area (TPSA) is 86.3 Å². The molecule has 1 aliphatic rings. The van der Waals surface area contributed by atoms with E-state index < -0.39 is 0 Å². The lowest BCUT2D eigenvalue weighted by Gasteiger charge is -2.33. The minimum atomic E-state index is -0.192. The first-order valence-corrected chi connectivity index (χ1v) is 10.0. The largest absolute Gasteiger partial charge is 0.367 e. The predicted octanol–water partition coefficient (Wildman–Crippen LogP) is 3.37. The number of aryl methyl sites for hydroxylation is 1. The number of amides is 1. The van der Waals surface area contributed by atoms with Crippen LogP contribution in [0.4, 0.5) is 0 Å². The number of hydrogen-bond donors (Lipinski definition) is 0. The summed E-state index contributed by atoms with van der Waals surface area (Å²) in [5.74, 6) is 0.923. The van der Waals surface area contributed by atoms with Gasteiger partial charge in [0.15, 0.2) is 5.82 Å². The molecule has 0 saturated carbocycles. The zero-order valence-electron chi connectivity index (χ0n) is 16.5. The number of nitrogens with zero attached hydrogens (tertiary/aromatic N) is 5. The summed E-state index contributed by atoms with van der Waals surface area (Å²) in [7, 11) is 0. The van der Waals surface area contributed by atoms with Gasteiger partial charge in [-0.1, -0.05) is 35.5 Å². The van der Waals surface area contributed by atoms with Crippen molar-refractivity contribution >= 4 is 5.91 Å². The van der Waals surface area contributed by atoms with Gasteiger partial charge in [0.05, 0.1) is 12.6 Å². The van der Waals surface area contributed by atoms with Crippen LogP contribution in [-0.4, -0.2) is 37.3 Å². The monoisotopic (exact) mass is 395 g/mol. The van der Waals surface area contributed by atoms with Gasteiger partial charge in [-0.3, -0.25) is 9.48 Å². The summed E-state index contributed by atoms with van der Waals surface area (Å²) in [6, 6.07) is 11.5. The second kappa shape index (κ2) is 9.00. The van der Waals surface area contributed by atoms with Crippen molar-refractivity contribution in [1.29, 1.82) is 0 Å². The van der Waals surface area contributed by atoms with Crippen LogP contribution in [0, 0.1) is 0 Å². The first-order valence-electron chi connectivity index (χ1n) is 10.0. The van der Waals surface area contributed by atoms with Gasteiger partial charge >= 0.3 is 0 Å². The van der Waals surface area contributed by atoms with Crippen LogP contribution >= 0.6 is 0 Å². The average Bonchev–Trinajstić information content (AvgIpc) is 3.43. The maximum absolute atomic E-state index is 13.1. The Morgan fingerprint density at radius 2 is 2.07 bits per heavy atom. The van der Waals surface area contributed by atoms with Gasteiger partial charge in [0.2, 0.25) is 0 Å². The molecule has 1 fully saturated rings. The van der Waals surface area contributed by atoms with Crippen LogP contribution in [0.2, 0.25) is 0 Å². The van der Waals surface area contributed by atoms with E-state index in [0.717, 1.165) is 24.8 Å². The van der Waals surface area contributed by atoms with E-state index in [2.05, 4.69) is 15.2 Å². The third kappa shape index (κ3) is 4.37. The number of benzene rings is 1. The Morgan fingerprint density at radius 1 is 1.21 bits per heavy atom. The SMILES string of the molecule is CCn1nccc1C(=O)N1CCCCC1c1noc(COCc2ccccc2)n1. The van der Waals surface area contributed by atoms with Crippen LogP contribution in [0.25, 0.3) is 0 Å². The van der Waals surface area contributed by atoms with Gasteiger partial charge < -0.3 is 14.2 Å². The van der Waals surface area contributed by atoms with E-state index in [9.17, 15) is 4.79 Å².